The first-order chi connectivity index (χ1) is 15.4. The van der Waals surface area contributed by atoms with Crippen LogP contribution in [-0.2, 0) is 6.61 Å². The Bertz CT molecular complexity index is 1210. The number of aromatic carboxylic acids is 1. The molecule has 32 heavy (non-hydrogen) atoms. The fourth-order valence-electron chi connectivity index (χ4n) is 3.90. The standard InChI is InChI=1S/C25H20Cl2FNO3/c26-18-6-8-24(32-14-15-5-7-19(28)11-23(15)27)22(10-18)21-4-2-1-3-20(21)16-9-17(25(30)31)13-29-12-16/h5-13H,1-4,14H2,(H,30,31). The van der Waals surface area contributed by atoms with E-state index in [-0.39, 0.29) is 12.2 Å². The molecule has 0 atom stereocenters. The first kappa shape index (κ1) is 22.3. The van der Waals surface area contributed by atoms with Gasteiger partial charge in [0, 0.05) is 28.5 Å². The molecular formula is C25H20Cl2FNO3. The summed E-state index contributed by atoms with van der Waals surface area (Å²) >= 11 is 12.5. The van der Waals surface area contributed by atoms with Crippen LogP contribution in [0.1, 0.15) is 52.7 Å². The van der Waals surface area contributed by atoms with Gasteiger partial charge in [-0.25, -0.2) is 9.18 Å². The Kier molecular flexibility index (Phi) is 6.77. The largest absolute Gasteiger partial charge is 0.488 e. The van der Waals surface area contributed by atoms with Gasteiger partial charge in [-0.1, -0.05) is 29.3 Å². The number of carboxylic acid groups (broad SMARTS) is 1. The Hall–Kier alpha value is -2.89. The molecule has 0 spiro atoms. The maximum absolute atomic E-state index is 13.4. The first-order valence-electron chi connectivity index (χ1n) is 10.2. The predicted octanol–water partition coefficient (Wildman–Crippen LogP) is 7.29. The average molecular weight is 472 g/mol. The molecule has 0 saturated carbocycles. The van der Waals surface area contributed by atoms with E-state index in [2.05, 4.69) is 4.98 Å². The maximum Gasteiger partial charge on any atom is 0.337 e. The van der Waals surface area contributed by atoms with Gasteiger partial charge in [0.1, 0.15) is 18.2 Å². The van der Waals surface area contributed by atoms with Crippen LogP contribution in [0.5, 0.6) is 5.75 Å². The van der Waals surface area contributed by atoms with Gasteiger partial charge in [0.2, 0.25) is 0 Å². The zero-order valence-electron chi connectivity index (χ0n) is 17.1. The minimum Gasteiger partial charge on any atom is -0.488 e. The lowest BCUT2D eigenvalue weighted by Crippen LogP contribution is -2.05. The lowest BCUT2D eigenvalue weighted by atomic mass is 9.84. The minimum absolute atomic E-state index is 0.147. The molecule has 3 aromatic rings. The highest BCUT2D eigenvalue weighted by atomic mass is 35.5. The van der Waals surface area contributed by atoms with Crippen molar-refractivity contribution in [2.75, 3.05) is 0 Å². The molecule has 7 heteroatoms. The highest BCUT2D eigenvalue weighted by molar-refractivity contribution is 6.31. The summed E-state index contributed by atoms with van der Waals surface area (Å²) in [5, 5.41) is 10.2. The first-order valence-corrected chi connectivity index (χ1v) is 11.0. The van der Waals surface area contributed by atoms with E-state index in [1.165, 1.54) is 18.3 Å². The highest BCUT2D eigenvalue weighted by Gasteiger charge is 2.21. The molecule has 0 fully saturated rings. The van der Waals surface area contributed by atoms with E-state index in [1.54, 1.807) is 30.5 Å². The zero-order chi connectivity index (χ0) is 22.7. The molecule has 1 aliphatic carbocycles. The summed E-state index contributed by atoms with van der Waals surface area (Å²) in [5.41, 5.74) is 4.55. The van der Waals surface area contributed by atoms with Gasteiger partial charge >= 0.3 is 5.97 Å². The van der Waals surface area contributed by atoms with Gasteiger partial charge in [-0.2, -0.15) is 0 Å². The topological polar surface area (TPSA) is 59.4 Å². The van der Waals surface area contributed by atoms with Crippen molar-refractivity contribution in [1.29, 1.82) is 0 Å². The molecule has 0 saturated heterocycles. The number of pyridine rings is 1. The zero-order valence-corrected chi connectivity index (χ0v) is 18.6. The fraction of sp³-hybridized carbons (Fsp3) is 0.200. The number of nitrogens with zero attached hydrogens (tertiary/aromatic N) is 1. The van der Waals surface area contributed by atoms with Crippen molar-refractivity contribution in [3.05, 3.63) is 93.0 Å². The second-order valence-electron chi connectivity index (χ2n) is 7.60. The molecule has 1 aliphatic rings. The summed E-state index contributed by atoms with van der Waals surface area (Å²) in [6, 6.07) is 11.3. The average Bonchev–Trinajstić information content (AvgIpc) is 2.79. The van der Waals surface area contributed by atoms with Gasteiger partial charge in [-0.05, 0) is 78.8 Å². The number of hydrogen-bond acceptors (Lipinski definition) is 3. The minimum atomic E-state index is -1.01. The Labute approximate surface area is 195 Å². The molecule has 0 aliphatic heterocycles. The highest BCUT2D eigenvalue weighted by Crippen LogP contribution is 2.42. The Balaban J connectivity index is 1.74. The molecule has 4 rings (SSSR count). The number of halogens is 3. The third kappa shape index (κ3) is 4.95. The van der Waals surface area contributed by atoms with Crippen molar-refractivity contribution in [2.24, 2.45) is 0 Å². The summed E-state index contributed by atoms with van der Waals surface area (Å²) in [4.78, 5) is 15.6. The van der Waals surface area contributed by atoms with Crippen molar-refractivity contribution in [2.45, 2.75) is 32.3 Å². The van der Waals surface area contributed by atoms with E-state index >= 15 is 0 Å². The van der Waals surface area contributed by atoms with Crippen LogP contribution in [0.15, 0.2) is 54.9 Å². The van der Waals surface area contributed by atoms with E-state index < -0.39 is 11.8 Å². The molecule has 1 aromatic heterocycles. The van der Waals surface area contributed by atoms with Crippen LogP contribution >= 0.6 is 23.2 Å². The van der Waals surface area contributed by atoms with E-state index in [0.29, 0.717) is 21.4 Å². The molecule has 0 unspecified atom stereocenters. The lowest BCUT2D eigenvalue weighted by Gasteiger charge is -2.23. The van der Waals surface area contributed by atoms with Crippen molar-refractivity contribution in [3.63, 3.8) is 0 Å². The third-order valence-electron chi connectivity index (χ3n) is 5.47. The van der Waals surface area contributed by atoms with E-state index in [1.807, 2.05) is 6.07 Å². The Morgan fingerprint density at radius 2 is 1.81 bits per heavy atom. The van der Waals surface area contributed by atoms with Crippen LogP contribution in [0.2, 0.25) is 10.0 Å². The van der Waals surface area contributed by atoms with Gasteiger partial charge in [0.15, 0.2) is 0 Å². The van der Waals surface area contributed by atoms with Crippen molar-refractivity contribution in [1.82, 2.24) is 4.98 Å². The Morgan fingerprint density at radius 1 is 1.03 bits per heavy atom. The smallest absolute Gasteiger partial charge is 0.337 e. The van der Waals surface area contributed by atoms with Crippen LogP contribution in [0, 0.1) is 5.82 Å². The number of carbonyl (C=O) groups is 1. The number of carboxylic acids is 1. The summed E-state index contributed by atoms with van der Waals surface area (Å²) in [6.07, 6.45) is 6.64. The van der Waals surface area contributed by atoms with Gasteiger partial charge < -0.3 is 9.84 Å². The van der Waals surface area contributed by atoms with Crippen LogP contribution in [0.4, 0.5) is 4.39 Å². The lowest BCUT2D eigenvalue weighted by molar-refractivity contribution is 0.0696. The van der Waals surface area contributed by atoms with Crippen molar-refractivity contribution >= 4 is 40.3 Å². The number of benzene rings is 2. The van der Waals surface area contributed by atoms with Crippen LogP contribution in [0.3, 0.4) is 0 Å². The molecule has 2 aromatic carbocycles. The van der Waals surface area contributed by atoms with Crippen LogP contribution in [0.25, 0.3) is 11.1 Å². The van der Waals surface area contributed by atoms with E-state index in [9.17, 15) is 14.3 Å². The number of aromatic nitrogens is 1. The Morgan fingerprint density at radius 3 is 2.56 bits per heavy atom. The molecule has 0 radical (unpaired) electrons. The monoisotopic (exact) mass is 471 g/mol. The van der Waals surface area contributed by atoms with Gasteiger partial charge in [-0.3, -0.25) is 4.98 Å². The summed E-state index contributed by atoms with van der Waals surface area (Å²) < 4.78 is 19.4. The second-order valence-corrected chi connectivity index (χ2v) is 8.44. The molecular weight excluding hydrogens is 452 g/mol. The SMILES string of the molecule is O=C(O)c1cncc(C2=C(c3cc(Cl)ccc3OCc3ccc(F)cc3Cl)CCCC2)c1. The molecule has 4 nitrogen and oxygen atoms in total. The van der Waals surface area contributed by atoms with Gasteiger partial charge in [-0.15, -0.1) is 0 Å². The third-order valence-corrected chi connectivity index (χ3v) is 6.05. The van der Waals surface area contributed by atoms with Crippen LogP contribution < -0.4 is 4.74 Å². The number of rotatable bonds is 6. The summed E-state index contributed by atoms with van der Waals surface area (Å²) in [7, 11) is 0. The summed E-state index contributed by atoms with van der Waals surface area (Å²) in [5.74, 6) is -0.785. The second kappa shape index (κ2) is 9.72. The van der Waals surface area contributed by atoms with Crippen molar-refractivity contribution < 1.29 is 19.0 Å². The fourth-order valence-corrected chi connectivity index (χ4v) is 4.30. The summed E-state index contributed by atoms with van der Waals surface area (Å²) in [6.45, 7) is 0.173. The molecule has 0 bridgehead atoms. The number of allylic oxidation sites excluding steroid dienone is 2. The van der Waals surface area contributed by atoms with Crippen molar-refractivity contribution in [3.8, 4) is 5.75 Å². The van der Waals surface area contributed by atoms with Gasteiger partial charge in [0.25, 0.3) is 0 Å². The molecule has 164 valence electrons. The molecule has 0 amide bonds. The normalized spacial score (nSPS) is 13.8. The van der Waals surface area contributed by atoms with E-state index in [0.717, 1.165) is 48.0 Å². The number of ether oxygens (including phenoxy) is 1. The van der Waals surface area contributed by atoms with Crippen LogP contribution in [-0.4, -0.2) is 16.1 Å². The molecule has 1 heterocycles. The van der Waals surface area contributed by atoms with E-state index in [4.69, 9.17) is 27.9 Å². The maximum atomic E-state index is 13.4. The quantitative estimate of drug-likeness (QED) is 0.409. The number of hydrogen-bond donors (Lipinski definition) is 1. The van der Waals surface area contributed by atoms with Gasteiger partial charge in [0.05, 0.1) is 10.6 Å². The predicted molar refractivity (Wildman–Crippen MR) is 124 cm³/mol. The molecule has 1 N–H and O–H groups in total.